The summed E-state index contributed by atoms with van der Waals surface area (Å²) in [6.45, 7) is 5.78. The lowest BCUT2D eigenvalue weighted by Gasteiger charge is -2.10. The topological polar surface area (TPSA) is 69.7 Å². The fourth-order valence-electron chi connectivity index (χ4n) is 1.53. The van der Waals surface area contributed by atoms with E-state index in [1.165, 1.54) is 12.1 Å². The second-order valence-corrected chi connectivity index (χ2v) is 7.93. The Hall–Kier alpha value is -0.630. The van der Waals surface area contributed by atoms with Gasteiger partial charge in [0, 0.05) is 15.2 Å². The summed E-state index contributed by atoms with van der Waals surface area (Å²) in [7, 11) is 1.39. The molecule has 0 bridgehead atoms. The van der Waals surface area contributed by atoms with Gasteiger partial charge < -0.3 is 9.47 Å². The van der Waals surface area contributed by atoms with Crippen molar-refractivity contribution in [3.63, 3.8) is 0 Å². The van der Waals surface area contributed by atoms with E-state index in [1.807, 2.05) is 13.8 Å². The molecule has 118 valence electrons. The molecule has 1 aromatic carbocycles. The molecule has 21 heavy (non-hydrogen) atoms. The molecule has 8 heteroatoms. The molecular formula is C13H16BrClO5S. The molecule has 0 fully saturated rings. The molecule has 5 nitrogen and oxygen atoms in total. The van der Waals surface area contributed by atoms with Gasteiger partial charge >= 0.3 is 5.97 Å². The summed E-state index contributed by atoms with van der Waals surface area (Å²) in [5, 5.41) is 0. The number of rotatable bonds is 6. The first-order valence-corrected chi connectivity index (χ1v) is 9.26. The number of hydrogen-bond donors (Lipinski definition) is 0. The van der Waals surface area contributed by atoms with Crippen LogP contribution in [0.4, 0.5) is 0 Å². The third-order valence-corrected chi connectivity index (χ3v) is 5.15. The van der Waals surface area contributed by atoms with Crippen molar-refractivity contribution >= 4 is 41.6 Å². The molecule has 0 saturated heterocycles. The number of halogens is 2. The Morgan fingerprint density at radius 3 is 2.48 bits per heavy atom. The number of carbonyl (C=O) groups excluding carboxylic acids is 1. The molecule has 0 heterocycles. The number of benzene rings is 1. The van der Waals surface area contributed by atoms with Crippen LogP contribution in [0.15, 0.2) is 21.5 Å². The predicted octanol–water partition coefficient (Wildman–Crippen LogP) is 3.27. The molecule has 1 rings (SSSR count). The highest BCUT2D eigenvalue weighted by molar-refractivity contribution is 9.10. The number of carbonyl (C=O) groups is 1. The smallest absolute Gasteiger partial charge is 0.338 e. The van der Waals surface area contributed by atoms with E-state index in [1.54, 1.807) is 6.92 Å². The fourth-order valence-corrected chi connectivity index (χ4v) is 3.69. The van der Waals surface area contributed by atoms with E-state index in [9.17, 15) is 13.2 Å². The van der Waals surface area contributed by atoms with E-state index in [4.69, 9.17) is 20.2 Å². The Morgan fingerprint density at radius 1 is 1.33 bits per heavy atom. The average molecular weight is 400 g/mol. The van der Waals surface area contributed by atoms with Crippen molar-refractivity contribution in [2.75, 3.05) is 13.2 Å². The van der Waals surface area contributed by atoms with Crippen LogP contribution in [0.1, 0.15) is 29.8 Å². The Labute approximate surface area is 137 Å². The summed E-state index contributed by atoms with van der Waals surface area (Å²) in [5.74, 6) is -0.625. The Balaban J connectivity index is 2.89. The average Bonchev–Trinajstić information content (AvgIpc) is 2.35. The zero-order valence-electron chi connectivity index (χ0n) is 11.9. The van der Waals surface area contributed by atoms with Crippen LogP contribution in [-0.2, 0) is 18.5 Å². The van der Waals surface area contributed by atoms with Crippen LogP contribution in [0.25, 0.3) is 0 Å². The molecular weight excluding hydrogens is 384 g/mol. The van der Waals surface area contributed by atoms with E-state index in [-0.39, 0.29) is 29.8 Å². The summed E-state index contributed by atoms with van der Waals surface area (Å²) < 4.78 is 33.6. The molecule has 0 radical (unpaired) electrons. The van der Waals surface area contributed by atoms with Crippen molar-refractivity contribution < 1.29 is 22.7 Å². The first-order valence-electron chi connectivity index (χ1n) is 6.16. The van der Waals surface area contributed by atoms with Crippen LogP contribution < -0.4 is 0 Å². The van der Waals surface area contributed by atoms with Crippen LogP contribution >= 0.6 is 26.6 Å². The highest BCUT2D eigenvalue weighted by Gasteiger charge is 2.20. The Morgan fingerprint density at radius 2 is 1.95 bits per heavy atom. The van der Waals surface area contributed by atoms with Crippen molar-refractivity contribution in [2.24, 2.45) is 0 Å². The zero-order chi connectivity index (χ0) is 16.2. The Kier molecular flexibility index (Phi) is 6.65. The van der Waals surface area contributed by atoms with E-state index in [2.05, 4.69) is 15.9 Å². The van der Waals surface area contributed by atoms with Crippen LogP contribution in [0.5, 0.6) is 0 Å². The minimum atomic E-state index is -3.96. The molecule has 0 amide bonds. The van der Waals surface area contributed by atoms with E-state index < -0.39 is 15.0 Å². The van der Waals surface area contributed by atoms with E-state index in [0.29, 0.717) is 10.0 Å². The maximum absolute atomic E-state index is 11.9. The molecule has 0 spiro atoms. The Bertz CT molecular complexity index is 628. The molecule has 0 N–H and O–H groups in total. The van der Waals surface area contributed by atoms with Gasteiger partial charge in [0.25, 0.3) is 9.05 Å². The minimum absolute atomic E-state index is 0.0478. The SMILES string of the molecule is Cc1cc(C(=O)OCCOC(C)C)cc(S(=O)(=O)Cl)c1Br. The van der Waals surface area contributed by atoms with Crippen LogP contribution in [0.3, 0.4) is 0 Å². The maximum atomic E-state index is 11.9. The van der Waals surface area contributed by atoms with Crippen molar-refractivity contribution in [3.8, 4) is 0 Å². The lowest BCUT2D eigenvalue weighted by atomic mass is 10.1. The summed E-state index contributed by atoms with van der Waals surface area (Å²) in [6.07, 6.45) is 0.0478. The first-order chi connectivity index (χ1) is 9.62. The quantitative estimate of drug-likeness (QED) is 0.417. The molecule has 0 atom stereocenters. The lowest BCUT2D eigenvalue weighted by Crippen LogP contribution is -2.14. The second kappa shape index (κ2) is 7.58. The van der Waals surface area contributed by atoms with Gasteiger partial charge in [-0.25, -0.2) is 13.2 Å². The summed E-state index contributed by atoms with van der Waals surface area (Å²) in [5.41, 5.74) is 0.696. The number of hydrogen-bond acceptors (Lipinski definition) is 5. The summed E-state index contributed by atoms with van der Waals surface area (Å²) in [6, 6.07) is 2.71. The van der Waals surface area contributed by atoms with Crippen molar-refractivity contribution in [1.82, 2.24) is 0 Å². The maximum Gasteiger partial charge on any atom is 0.338 e. The highest BCUT2D eigenvalue weighted by atomic mass is 79.9. The van der Waals surface area contributed by atoms with Gasteiger partial charge in [0.1, 0.15) is 6.61 Å². The lowest BCUT2D eigenvalue weighted by molar-refractivity contribution is 0.0176. The number of ether oxygens (including phenoxy) is 2. The monoisotopic (exact) mass is 398 g/mol. The normalized spacial score (nSPS) is 11.7. The zero-order valence-corrected chi connectivity index (χ0v) is 15.0. The molecule has 0 unspecified atom stereocenters. The summed E-state index contributed by atoms with van der Waals surface area (Å²) >= 11 is 3.14. The standard InChI is InChI=1S/C13H16BrClO5S/c1-8(2)19-4-5-20-13(16)10-6-9(3)12(14)11(7-10)21(15,17)18/h6-8H,4-5H2,1-3H3. The van der Waals surface area contributed by atoms with Crippen LogP contribution in [-0.4, -0.2) is 33.7 Å². The second-order valence-electron chi connectivity index (χ2n) is 4.60. The number of aryl methyl sites for hydroxylation is 1. The van der Waals surface area contributed by atoms with Gasteiger partial charge in [-0.1, -0.05) is 0 Å². The molecule has 0 aliphatic heterocycles. The van der Waals surface area contributed by atoms with Gasteiger partial charge in [-0.3, -0.25) is 0 Å². The minimum Gasteiger partial charge on any atom is -0.460 e. The van der Waals surface area contributed by atoms with Gasteiger partial charge in [0.2, 0.25) is 0 Å². The third kappa shape index (κ3) is 5.58. The molecule has 0 aliphatic rings. The third-order valence-electron chi connectivity index (χ3n) is 2.49. The van der Waals surface area contributed by atoms with Gasteiger partial charge in [0.15, 0.2) is 0 Å². The van der Waals surface area contributed by atoms with Gasteiger partial charge in [0.05, 0.1) is 23.2 Å². The van der Waals surface area contributed by atoms with Crippen LogP contribution in [0, 0.1) is 6.92 Å². The van der Waals surface area contributed by atoms with Crippen molar-refractivity contribution in [2.45, 2.75) is 31.8 Å². The summed E-state index contributed by atoms with van der Waals surface area (Å²) in [4.78, 5) is 11.7. The largest absolute Gasteiger partial charge is 0.460 e. The molecule has 1 aromatic rings. The van der Waals surface area contributed by atoms with E-state index in [0.717, 1.165) is 0 Å². The first kappa shape index (κ1) is 18.4. The van der Waals surface area contributed by atoms with Crippen LogP contribution in [0.2, 0.25) is 0 Å². The molecule has 0 saturated carbocycles. The van der Waals surface area contributed by atoms with Gasteiger partial charge in [-0.2, -0.15) is 0 Å². The predicted molar refractivity (Wildman–Crippen MR) is 83.3 cm³/mol. The molecule has 0 aliphatic carbocycles. The fraction of sp³-hybridized carbons (Fsp3) is 0.462. The highest BCUT2D eigenvalue weighted by Crippen LogP contribution is 2.29. The van der Waals surface area contributed by atoms with Gasteiger partial charge in [-0.05, 0) is 54.4 Å². The van der Waals surface area contributed by atoms with Crippen molar-refractivity contribution in [3.05, 3.63) is 27.7 Å². The van der Waals surface area contributed by atoms with Crippen molar-refractivity contribution in [1.29, 1.82) is 0 Å². The van der Waals surface area contributed by atoms with Gasteiger partial charge in [-0.15, -0.1) is 0 Å². The molecule has 0 aromatic heterocycles. The van der Waals surface area contributed by atoms with E-state index >= 15 is 0 Å². The number of esters is 1.